The molecule has 94 valence electrons. The van der Waals surface area contributed by atoms with Crippen LogP contribution in [0, 0.1) is 5.41 Å². The predicted molar refractivity (Wildman–Crippen MR) is 77.4 cm³/mol. The van der Waals surface area contributed by atoms with Crippen LogP contribution >= 0.6 is 12.6 Å². The van der Waals surface area contributed by atoms with Gasteiger partial charge >= 0.3 is 0 Å². The van der Waals surface area contributed by atoms with Gasteiger partial charge in [0, 0.05) is 23.1 Å². The van der Waals surface area contributed by atoms with Gasteiger partial charge in [0.25, 0.3) is 0 Å². The Morgan fingerprint density at radius 3 is 2.89 bits per heavy atom. The smallest absolute Gasteiger partial charge is 0.121 e. The van der Waals surface area contributed by atoms with E-state index in [9.17, 15) is 0 Å². The third-order valence-corrected chi connectivity index (χ3v) is 4.54. The van der Waals surface area contributed by atoms with Crippen molar-refractivity contribution in [2.75, 3.05) is 12.4 Å². The summed E-state index contributed by atoms with van der Waals surface area (Å²) < 4.78 is 5.92. The fourth-order valence-electron chi connectivity index (χ4n) is 2.40. The van der Waals surface area contributed by atoms with Crippen molar-refractivity contribution >= 4 is 23.5 Å². The van der Waals surface area contributed by atoms with Gasteiger partial charge in [-0.1, -0.05) is 12.5 Å². The number of rotatable bonds is 4. The van der Waals surface area contributed by atoms with Crippen molar-refractivity contribution in [3.05, 3.63) is 36.5 Å². The maximum absolute atomic E-state index is 5.92. The molecule has 2 nitrogen and oxygen atoms in total. The number of aromatic nitrogens is 1. The lowest BCUT2D eigenvalue weighted by molar-refractivity contribution is 0.0830. The minimum Gasteiger partial charge on any atom is -0.493 e. The van der Waals surface area contributed by atoms with E-state index in [-0.39, 0.29) is 0 Å². The first-order valence-electron chi connectivity index (χ1n) is 6.40. The quantitative estimate of drug-likeness (QED) is 0.845. The summed E-state index contributed by atoms with van der Waals surface area (Å²) in [5.41, 5.74) is 1.30. The third kappa shape index (κ3) is 2.19. The van der Waals surface area contributed by atoms with Crippen LogP contribution in [0.3, 0.4) is 0 Å². The Labute approximate surface area is 113 Å². The highest BCUT2D eigenvalue weighted by molar-refractivity contribution is 7.80. The second-order valence-corrected chi connectivity index (χ2v) is 5.47. The second-order valence-electron chi connectivity index (χ2n) is 5.16. The lowest BCUT2D eigenvalue weighted by atomic mass is 9.71. The van der Waals surface area contributed by atoms with Crippen molar-refractivity contribution in [2.45, 2.75) is 19.3 Å². The summed E-state index contributed by atoms with van der Waals surface area (Å²) in [4.78, 5) is 4.35. The number of nitrogens with zero attached hydrogens (tertiary/aromatic N) is 1. The van der Waals surface area contributed by atoms with Crippen molar-refractivity contribution in [2.24, 2.45) is 5.41 Å². The van der Waals surface area contributed by atoms with Crippen LogP contribution in [0.25, 0.3) is 10.9 Å². The van der Waals surface area contributed by atoms with Crippen molar-refractivity contribution in [1.29, 1.82) is 0 Å². The second kappa shape index (κ2) is 4.81. The van der Waals surface area contributed by atoms with Crippen molar-refractivity contribution in [1.82, 2.24) is 4.98 Å². The summed E-state index contributed by atoms with van der Waals surface area (Å²) in [6.07, 6.45) is 5.60. The van der Waals surface area contributed by atoms with Gasteiger partial charge in [-0.2, -0.15) is 12.6 Å². The summed E-state index contributed by atoms with van der Waals surface area (Å²) in [6, 6.07) is 10.1. The monoisotopic (exact) mass is 259 g/mol. The fraction of sp³-hybridized carbons (Fsp3) is 0.400. The maximum atomic E-state index is 5.92. The lowest BCUT2D eigenvalue weighted by Crippen LogP contribution is -2.37. The molecule has 3 rings (SSSR count). The minimum atomic E-state index is 0.308. The molecule has 0 atom stereocenters. The Hall–Kier alpha value is -1.22. The van der Waals surface area contributed by atoms with Crippen LogP contribution in [-0.4, -0.2) is 17.3 Å². The molecule has 0 unspecified atom stereocenters. The lowest BCUT2D eigenvalue weighted by Gasteiger charge is -2.40. The Morgan fingerprint density at radius 2 is 2.17 bits per heavy atom. The zero-order valence-corrected chi connectivity index (χ0v) is 11.2. The van der Waals surface area contributed by atoms with E-state index in [4.69, 9.17) is 4.74 Å². The number of fused-ring (bicyclic) bond motifs is 1. The van der Waals surface area contributed by atoms with Gasteiger partial charge in [-0.3, -0.25) is 4.98 Å². The van der Waals surface area contributed by atoms with Gasteiger partial charge in [0.2, 0.25) is 0 Å². The van der Waals surface area contributed by atoms with Crippen molar-refractivity contribution in [3.8, 4) is 5.75 Å². The molecule has 1 fully saturated rings. The van der Waals surface area contributed by atoms with E-state index in [1.807, 2.05) is 24.4 Å². The average Bonchev–Trinajstić information content (AvgIpc) is 2.38. The number of hydrogen-bond acceptors (Lipinski definition) is 3. The van der Waals surface area contributed by atoms with Crippen LogP contribution in [0.5, 0.6) is 5.75 Å². The zero-order chi connectivity index (χ0) is 12.4. The van der Waals surface area contributed by atoms with E-state index in [1.54, 1.807) is 0 Å². The van der Waals surface area contributed by atoms with Gasteiger partial charge in [0.05, 0.1) is 12.1 Å². The molecular weight excluding hydrogens is 242 g/mol. The number of pyridine rings is 1. The van der Waals surface area contributed by atoms with Gasteiger partial charge in [-0.15, -0.1) is 0 Å². The molecule has 0 aliphatic heterocycles. The average molecular weight is 259 g/mol. The Balaban J connectivity index is 1.74. The highest BCUT2D eigenvalue weighted by Gasteiger charge is 2.36. The van der Waals surface area contributed by atoms with Crippen LogP contribution in [0.15, 0.2) is 36.5 Å². The molecule has 0 saturated heterocycles. The molecule has 0 spiro atoms. The molecule has 0 amide bonds. The zero-order valence-electron chi connectivity index (χ0n) is 10.3. The summed E-state index contributed by atoms with van der Waals surface area (Å²) in [6.45, 7) is 0.773. The molecule has 0 radical (unpaired) electrons. The Kier molecular flexibility index (Phi) is 3.16. The first-order chi connectivity index (χ1) is 8.81. The topological polar surface area (TPSA) is 22.1 Å². The largest absolute Gasteiger partial charge is 0.493 e. The predicted octanol–water partition coefficient (Wildman–Crippen LogP) is 3.71. The molecule has 1 aromatic heterocycles. The van der Waals surface area contributed by atoms with E-state index in [0.717, 1.165) is 29.0 Å². The number of hydrogen-bond donors (Lipinski definition) is 1. The number of benzene rings is 1. The molecule has 3 heteroatoms. The standard InChI is InChI=1S/C15H17NOS/c18-11-15(6-2-7-15)10-17-13-5-4-12-3-1-8-16-14(12)9-13/h1,3-5,8-9,18H,2,6-7,10-11H2. The first-order valence-corrected chi connectivity index (χ1v) is 7.03. The summed E-state index contributed by atoms with van der Waals surface area (Å²) >= 11 is 4.45. The van der Waals surface area contributed by atoms with E-state index in [0.29, 0.717) is 5.41 Å². The van der Waals surface area contributed by atoms with E-state index < -0.39 is 0 Å². The molecule has 0 N–H and O–H groups in total. The number of thiol groups is 1. The summed E-state index contributed by atoms with van der Waals surface area (Å²) in [5.74, 6) is 1.83. The number of ether oxygens (including phenoxy) is 1. The Bertz CT molecular complexity index is 545. The molecule has 1 aromatic carbocycles. The fourth-order valence-corrected chi connectivity index (χ4v) is 2.80. The first kappa shape index (κ1) is 11.8. The highest BCUT2D eigenvalue weighted by Crippen LogP contribution is 2.42. The van der Waals surface area contributed by atoms with Crippen LogP contribution in [0.1, 0.15) is 19.3 Å². The summed E-state index contributed by atoms with van der Waals surface area (Å²) in [5, 5.41) is 1.15. The molecule has 1 aliphatic carbocycles. The van der Waals surface area contributed by atoms with Crippen LogP contribution in [0.4, 0.5) is 0 Å². The molecule has 1 aliphatic rings. The van der Waals surface area contributed by atoms with E-state index in [1.165, 1.54) is 19.3 Å². The summed E-state index contributed by atoms with van der Waals surface area (Å²) in [7, 11) is 0. The van der Waals surface area contributed by atoms with E-state index >= 15 is 0 Å². The van der Waals surface area contributed by atoms with Crippen LogP contribution in [0.2, 0.25) is 0 Å². The van der Waals surface area contributed by atoms with Crippen molar-refractivity contribution in [3.63, 3.8) is 0 Å². The minimum absolute atomic E-state index is 0.308. The Morgan fingerprint density at radius 1 is 1.28 bits per heavy atom. The highest BCUT2D eigenvalue weighted by atomic mass is 32.1. The molecule has 2 aromatic rings. The SMILES string of the molecule is SCC1(COc2ccc3cccnc3c2)CCC1. The van der Waals surface area contributed by atoms with Gasteiger partial charge in [-0.25, -0.2) is 0 Å². The van der Waals surface area contributed by atoms with E-state index in [2.05, 4.69) is 29.7 Å². The van der Waals surface area contributed by atoms with Crippen molar-refractivity contribution < 1.29 is 4.74 Å². The molecular formula is C15H17NOS. The van der Waals surface area contributed by atoms with Crippen LogP contribution in [-0.2, 0) is 0 Å². The van der Waals surface area contributed by atoms with Gasteiger partial charge in [0.15, 0.2) is 0 Å². The normalized spacial score (nSPS) is 17.4. The van der Waals surface area contributed by atoms with Gasteiger partial charge in [-0.05, 0) is 36.8 Å². The third-order valence-electron chi connectivity index (χ3n) is 3.87. The van der Waals surface area contributed by atoms with Gasteiger partial charge < -0.3 is 4.74 Å². The molecule has 1 heterocycles. The maximum Gasteiger partial charge on any atom is 0.121 e. The molecule has 0 bridgehead atoms. The van der Waals surface area contributed by atoms with Gasteiger partial charge in [0.1, 0.15) is 5.75 Å². The van der Waals surface area contributed by atoms with Crippen LogP contribution < -0.4 is 4.74 Å². The molecule has 18 heavy (non-hydrogen) atoms. The molecule has 1 saturated carbocycles.